The summed E-state index contributed by atoms with van der Waals surface area (Å²) in [5.74, 6) is 0. The maximum absolute atomic E-state index is 12.7. The van der Waals surface area contributed by atoms with Gasteiger partial charge in [-0.3, -0.25) is 0 Å². The van der Waals surface area contributed by atoms with Crippen LogP contribution in [0.3, 0.4) is 0 Å². The molecule has 2 aromatic carbocycles. The van der Waals surface area contributed by atoms with E-state index in [1.165, 1.54) is 24.3 Å². The molecule has 0 N–H and O–H groups in total. The fourth-order valence-corrected chi connectivity index (χ4v) is 4.21. The zero-order valence-electron chi connectivity index (χ0n) is 15.2. The lowest BCUT2D eigenvalue weighted by Gasteiger charge is -2.26. The van der Waals surface area contributed by atoms with Crippen molar-refractivity contribution in [2.45, 2.75) is 35.3 Å². The molecule has 1 saturated heterocycles. The molecule has 0 bridgehead atoms. The van der Waals surface area contributed by atoms with Crippen LogP contribution in [0.4, 0.5) is 32.0 Å². The summed E-state index contributed by atoms with van der Waals surface area (Å²) in [5, 5.41) is 0. The standard InChI is InChI=1S/C19H17F6NO2S/c1-17(13-2-4-14(5-3-13)18(20,21)22)10-11-26(12-17)15-6-8-16(9-7-15)29(27,28)19(23,24)25/h2-9H,10-12H2,1H3. The molecule has 2 aromatic rings. The van der Waals surface area contributed by atoms with Crippen molar-refractivity contribution < 1.29 is 34.8 Å². The zero-order chi connectivity index (χ0) is 21.7. The van der Waals surface area contributed by atoms with Crippen LogP contribution in [0, 0.1) is 0 Å². The lowest BCUT2D eigenvalue weighted by Crippen LogP contribution is -2.28. The summed E-state index contributed by atoms with van der Waals surface area (Å²) >= 11 is 0. The third-order valence-corrected chi connectivity index (χ3v) is 6.70. The van der Waals surface area contributed by atoms with Crippen LogP contribution in [0.15, 0.2) is 53.4 Å². The molecule has 1 atom stereocenters. The first-order valence-corrected chi connectivity index (χ1v) is 10.1. The third-order valence-electron chi connectivity index (χ3n) is 5.20. The van der Waals surface area contributed by atoms with E-state index < -0.39 is 37.4 Å². The van der Waals surface area contributed by atoms with Gasteiger partial charge in [-0.25, -0.2) is 8.42 Å². The minimum absolute atomic E-state index is 0.434. The second-order valence-corrected chi connectivity index (χ2v) is 9.19. The predicted molar refractivity (Wildman–Crippen MR) is 95.3 cm³/mol. The van der Waals surface area contributed by atoms with Gasteiger partial charge in [0.2, 0.25) is 0 Å². The number of benzene rings is 2. The van der Waals surface area contributed by atoms with Crippen molar-refractivity contribution in [1.29, 1.82) is 0 Å². The molecule has 0 saturated carbocycles. The molecule has 0 spiro atoms. The van der Waals surface area contributed by atoms with Gasteiger partial charge in [-0.1, -0.05) is 19.1 Å². The summed E-state index contributed by atoms with van der Waals surface area (Å²) in [5.41, 5.74) is -5.28. The van der Waals surface area contributed by atoms with Gasteiger partial charge in [0.1, 0.15) is 0 Å². The second kappa shape index (κ2) is 6.93. The molecule has 29 heavy (non-hydrogen) atoms. The number of nitrogens with zero attached hydrogens (tertiary/aromatic N) is 1. The molecular formula is C19H17F6NO2S. The number of rotatable bonds is 3. The molecule has 1 fully saturated rings. The van der Waals surface area contributed by atoms with E-state index in [2.05, 4.69) is 0 Å². The molecule has 3 rings (SSSR count). The van der Waals surface area contributed by atoms with Crippen LogP contribution in [0.1, 0.15) is 24.5 Å². The Balaban J connectivity index is 1.78. The molecule has 0 aromatic heterocycles. The van der Waals surface area contributed by atoms with Crippen LogP contribution < -0.4 is 4.90 Å². The van der Waals surface area contributed by atoms with E-state index in [0.717, 1.165) is 29.8 Å². The molecule has 1 aliphatic rings. The zero-order valence-corrected chi connectivity index (χ0v) is 16.0. The normalized spacial score (nSPS) is 20.9. The molecule has 1 unspecified atom stereocenters. The Morgan fingerprint density at radius 2 is 1.45 bits per heavy atom. The summed E-state index contributed by atoms with van der Waals surface area (Å²) < 4.78 is 99.1. The number of halogens is 6. The monoisotopic (exact) mass is 437 g/mol. The number of hydrogen-bond donors (Lipinski definition) is 0. The maximum atomic E-state index is 12.7. The highest BCUT2D eigenvalue weighted by molar-refractivity contribution is 7.92. The fourth-order valence-electron chi connectivity index (χ4n) is 3.45. The van der Waals surface area contributed by atoms with E-state index in [1.54, 1.807) is 0 Å². The summed E-state index contributed by atoms with van der Waals surface area (Å²) in [7, 11) is -5.41. The van der Waals surface area contributed by atoms with Crippen LogP contribution in [0.2, 0.25) is 0 Å². The molecule has 158 valence electrons. The van der Waals surface area contributed by atoms with Gasteiger partial charge in [0.15, 0.2) is 0 Å². The smallest absolute Gasteiger partial charge is 0.371 e. The first-order valence-electron chi connectivity index (χ1n) is 8.58. The summed E-state index contributed by atoms with van der Waals surface area (Å²) in [6.07, 6.45) is -3.79. The molecule has 10 heteroatoms. The Morgan fingerprint density at radius 1 is 0.897 bits per heavy atom. The number of alkyl halides is 6. The molecule has 3 nitrogen and oxygen atoms in total. The van der Waals surface area contributed by atoms with E-state index in [-0.39, 0.29) is 0 Å². The van der Waals surface area contributed by atoms with Gasteiger partial charge in [-0.05, 0) is 48.4 Å². The lowest BCUT2D eigenvalue weighted by molar-refractivity contribution is -0.137. The highest BCUT2D eigenvalue weighted by Gasteiger charge is 2.47. The molecule has 1 aliphatic heterocycles. The Labute approximate surface area is 163 Å². The second-order valence-electron chi connectivity index (χ2n) is 7.25. The Hall–Kier alpha value is -2.23. The van der Waals surface area contributed by atoms with E-state index in [9.17, 15) is 34.8 Å². The van der Waals surface area contributed by atoms with Gasteiger partial charge in [-0.2, -0.15) is 26.3 Å². The molecule has 0 radical (unpaired) electrons. The Morgan fingerprint density at radius 3 is 1.93 bits per heavy atom. The average Bonchev–Trinajstić information content (AvgIpc) is 3.04. The summed E-state index contributed by atoms with van der Waals surface area (Å²) in [6, 6.07) is 9.35. The van der Waals surface area contributed by atoms with E-state index >= 15 is 0 Å². The van der Waals surface area contributed by atoms with Crippen LogP contribution in [-0.4, -0.2) is 27.0 Å². The van der Waals surface area contributed by atoms with Crippen molar-refractivity contribution in [3.8, 4) is 0 Å². The van der Waals surface area contributed by atoms with Gasteiger partial charge in [0.05, 0.1) is 10.5 Å². The Kier molecular flexibility index (Phi) is 5.13. The van der Waals surface area contributed by atoms with Crippen molar-refractivity contribution in [2.75, 3.05) is 18.0 Å². The quantitative estimate of drug-likeness (QED) is 0.622. The first-order chi connectivity index (χ1) is 13.2. The van der Waals surface area contributed by atoms with Crippen molar-refractivity contribution >= 4 is 15.5 Å². The number of sulfone groups is 1. The van der Waals surface area contributed by atoms with Crippen molar-refractivity contribution in [2.24, 2.45) is 0 Å². The first kappa shape index (κ1) is 21.5. The van der Waals surface area contributed by atoms with Crippen molar-refractivity contribution in [3.63, 3.8) is 0 Å². The lowest BCUT2D eigenvalue weighted by atomic mass is 9.81. The fraction of sp³-hybridized carbons (Fsp3) is 0.368. The highest BCUT2D eigenvalue weighted by Crippen LogP contribution is 2.39. The summed E-state index contributed by atoms with van der Waals surface area (Å²) in [4.78, 5) is 1.03. The molecular weight excluding hydrogens is 420 g/mol. The largest absolute Gasteiger partial charge is 0.501 e. The van der Waals surface area contributed by atoms with Crippen molar-refractivity contribution in [3.05, 3.63) is 59.7 Å². The minimum Gasteiger partial charge on any atom is -0.371 e. The minimum atomic E-state index is -5.41. The molecule has 1 heterocycles. The van der Waals surface area contributed by atoms with Crippen LogP contribution in [0.5, 0.6) is 0 Å². The van der Waals surface area contributed by atoms with Gasteiger partial charge in [-0.15, -0.1) is 0 Å². The van der Waals surface area contributed by atoms with E-state index in [1.807, 2.05) is 11.8 Å². The number of anilines is 1. The maximum Gasteiger partial charge on any atom is 0.501 e. The summed E-state index contributed by atoms with van der Waals surface area (Å²) in [6.45, 7) is 2.87. The Bertz CT molecular complexity index is 981. The van der Waals surface area contributed by atoms with Gasteiger partial charge in [0, 0.05) is 24.2 Å². The van der Waals surface area contributed by atoms with E-state index in [4.69, 9.17) is 0 Å². The SMILES string of the molecule is CC1(c2ccc(C(F)(F)F)cc2)CCN(c2ccc(S(=O)(=O)C(F)(F)F)cc2)C1. The average molecular weight is 437 g/mol. The van der Waals surface area contributed by atoms with Gasteiger partial charge < -0.3 is 4.90 Å². The topological polar surface area (TPSA) is 37.4 Å². The van der Waals surface area contributed by atoms with E-state index in [0.29, 0.717) is 25.2 Å². The van der Waals surface area contributed by atoms with Crippen molar-refractivity contribution in [1.82, 2.24) is 0 Å². The van der Waals surface area contributed by atoms with Gasteiger partial charge >= 0.3 is 11.7 Å². The molecule has 0 amide bonds. The third kappa shape index (κ3) is 4.08. The highest BCUT2D eigenvalue weighted by atomic mass is 32.2. The van der Waals surface area contributed by atoms with Crippen LogP contribution in [-0.2, 0) is 21.4 Å². The predicted octanol–water partition coefficient (Wildman–Crippen LogP) is 5.17. The van der Waals surface area contributed by atoms with Crippen LogP contribution in [0.25, 0.3) is 0 Å². The molecule has 0 aliphatic carbocycles. The van der Waals surface area contributed by atoms with Crippen LogP contribution >= 0.6 is 0 Å². The van der Waals surface area contributed by atoms with Gasteiger partial charge in [0.25, 0.3) is 9.84 Å². The number of hydrogen-bond acceptors (Lipinski definition) is 3.